The molecule has 0 amide bonds. The lowest BCUT2D eigenvalue weighted by molar-refractivity contribution is -0.384. The second kappa shape index (κ2) is 4.74. The van der Waals surface area contributed by atoms with Crippen LogP contribution in [0.15, 0.2) is 18.2 Å². The van der Waals surface area contributed by atoms with Crippen LogP contribution in [-0.2, 0) is 0 Å². The topological polar surface area (TPSA) is 55.2 Å². The number of nitrogens with one attached hydrogen (secondary N) is 1. The fourth-order valence-electron chi connectivity index (χ4n) is 1.84. The van der Waals surface area contributed by atoms with Crippen LogP contribution in [0, 0.1) is 17.0 Å². The van der Waals surface area contributed by atoms with Gasteiger partial charge in [-0.05, 0) is 24.7 Å². The van der Waals surface area contributed by atoms with Gasteiger partial charge in [-0.1, -0.05) is 12.1 Å². The molecule has 0 spiro atoms. The van der Waals surface area contributed by atoms with Crippen molar-refractivity contribution >= 4 is 23.1 Å². The van der Waals surface area contributed by atoms with Gasteiger partial charge in [-0.3, -0.25) is 10.1 Å². The number of nitrogens with zero attached hydrogens (tertiary/aromatic N) is 1. The summed E-state index contributed by atoms with van der Waals surface area (Å²) in [5, 5.41) is 14.2. The Kier molecular flexibility index (Phi) is 3.33. The molecule has 16 heavy (non-hydrogen) atoms. The number of rotatable bonds is 3. The first-order chi connectivity index (χ1) is 7.68. The summed E-state index contributed by atoms with van der Waals surface area (Å²) in [7, 11) is 0. The van der Waals surface area contributed by atoms with E-state index in [1.54, 1.807) is 12.1 Å². The van der Waals surface area contributed by atoms with Gasteiger partial charge in [0, 0.05) is 17.9 Å². The maximum atomic E-state index is 10.9. The van der Waals surface area contributed by atoms with Crippen molar-refractivity contribution in [2.75, 3.05) is 16.8 Å². The van der Waals surface area contributed by atoms with Gasteiger partial charge in [0.15, 0.2) is 0 Å². The molecule has 1 aliphatic heterocycles. The van der Waals surface area contributed by atoms with Crippen LogP contribution in [-0.4, -0.2) is 22.5 Å². The predicted molar refractivity (Wildman–Crippen MR) is 67.2 cm³/mol. The number of hydrogen-bond acceptors (Lipinski definition) is 4. The quantitative estimate of drug-likeness (QED) is 0.650. The Morgan fingerprint density at radius 1 is 1.56 bits per heavy atom. The highest BCUT2D eigenvalue weighted by Crippen LogP contribution is 2.30. The number of thioether (sulfide) groups is 1. The normalized spacial score (nSPS) is 19.7. The summed E-state index contributed by atoms with van der Waals surface area (Å²) < 4.78 is 0. The maximum Gasteiger partial charge on any atom is 0.292 e. The van der Waals surface area contributed by atoms with Crippen LogP contribution in [0.3, 0.4) is 0 Å². The number of nitro groups is 1. The molecule has 1 N–H and O–H groups in total. The predicted octanol–water partition coefficient (Wildman–Crippen LogP) is 2.82. The molecule has 1 aliphatic rings. The second-order valence-electron chi connectivity index (χ2n) is 3.93. The van der Waals surface area contributed by atoms with Crippen molar-refractivity contribution in [1.82, 2.24) is 0 Å². The molecule has 0 radical (unpaired) electrons. The number of anilines is 1. The van der Waals surface area contributed by atoms with Crippen LogP contribution in [0.25, 0.3) is 0 Å². The molecule has 5 heteroatoms. The molecule has 0 aromatic heterocycles. The molecule has 0 aliphatic carbocycles. The summed E-state index contributed by atoms with van der Waals surface area (Å²) in [5.41, 5.74) is 1.79. The first kappa shape index (κ1) is 11.3. The summed E-state index contributed by atoms with van der Waals surface area (Å²) in [6.45, 7) is 1.90. The van der Waals surface area contributed by atoms with Gasteiger partial charge in [0.05, 0.1) is 4.92 Å². The van der Waals surface area contributed by atoms with E-state index in [-0.39, 0.29) is 10.6 Å². The zero-order valence-electron chi connectivity index (χ0n) is 9.10. The van der Waals surface area contributed by atoms with Gasteiger partial charge in [0.25, 0.3) is 5.69 Å². The Morgan fingerprint density at radius 3 is 3.00 bits per heavy atom. The van der Waals surface area contributed by atoms with Crippen LogP contribution in [0.2, 0.25) is 0 Å². The lowest BCUT2D eigenvalue weighted by Crippen LogP contribution is -2.19. The van der Waals surface area contributed by atoms with Crippen LogP contribution in [0.1, 0.15) is 12.0 Å². The van der Waals surface area contributed by atoms with Crippen molar-refractivity contribution in [3.05, 3.63) is 33.9 Å². The SMILES string of the molecule is Cc1cccc([N+](=O)[O-])c1NC1CCSC1. The van der Waals surface area contributed by atoms with Crippen LogP contribution < -0.4 is 5.32 Å². The minimum absolute atomic E-state index is 0.178. The monoisotopic (exact) mass is 238 g/mol. The van der Waals surface area contributed by atoms with Crippen molar-refractivity contribution in [1.29, 1.82) is 0 Å². The lowest BCUT2D eigenvalue weighted by Gasteiger charge is -2.14. The summed E-state index contributed by atoms with van der Waals surface area (Å²) >= 11 is 1.89. The smallest absolute Gasteiger partial charge is 0.292 e. The highest BCUT2D eigenvalue weighted by Gasteiger charge is 2.21. The van der Waals surface area contributed by atoms with E-state index in [4.69, 9.17) is 0 Å². The molecule has 4 nitrogen and oxygen atoms in total. The third-order valence-electron chi connectivity index (χ3n) is 2.73. The molecule has 1 unspecified atom stereocenters. The largest absolute Gasteiger partial charge is 0.376 e. The van der Waals surface area contributed by atoms with Crippen LogP contribution in [0.5, 0.6) is 0 Å². The average Bonchev–Trinajstić information content (AvgIpc) is 2.73. The summed E-state index contributed by atoms with van der Waals surface area (Å²) in [6.07, 6.45) is 1.08. The molecular formula is C11H14N2O2S. The number of benzene rings is 1. The Bertz CT molecular complexity index is 403. The van der Waals surface area contributed by atoms with Gasteiger partial charge >= 0.3 is 0 Å². The van der Waals surface area contributed by atoms with Gasteiger partial charge < -0.3 is 5.32 Å². The molecule has 1 aromatic carbocycles. The van der Waals surface area contributed by atoms with E-state index in [0.717, 1.165) is 23.5 Å². The van der Waals surface area contributed by atoms with Gasteiger partial charge in [0.2, 0.25) is 0 Å². The van der Waals surface area contributed by atoms with Gasteiger partial charge in [-0.2, -0.15) is 11.8 Å². The van der Waals surface area contributed by atoms with E-state index in [9.17, 15) is 10.1 Å². The van der Waals surface area contributed by atoms with Crippen molar-refractivity contribution < 1.29 is 4.92 Å². The summed E-state index contributed by atoms with van der Waals surface area (Å²) in [6, 6.07) is 5.54. The van der Waals surface area contributed by atoms with Crippen molar-refractivity contribution in [3.63, 3.8) is 0 Å². The minimum atomic E-state index is -0.322. The zero-order valence-corrected chi connectivity index (χ0v) is 9.92. The Balaban J connectivity index is 2.26. The lowest BCUT2D eigenvalue weighted by atomic mass is 10.1. The fraction of sp³-hybridized carbons (Fsp3) is 0.455. The summed E-state index contributed by atoms with van der Waals surface area (Å²) in [5.74, 6) is 2.17. The summed E-state index contributed by atoms with van der Waals surface area (Å²) in [4.78, 5) is 10.6. The second-order valence-corrected chi connectivity index (χ2v) is 5.08. The third-order valence-corrected chi connectivity index (χ3v) is 3.89. The minimum Gasteiger partial charge on any atom is -0.376 e. The van der Waals surface area contributed by atoms with E-state index < -0.39 is 0 Å². The van der Waals surface area contributed by atoms with E-state index in [1.165, 1.54) is 0 Å². The maximum absolute atomic E-state index is 10.9. The molecule has 0 saturated carbocycles. The van der Waals surface area contributed by atoms with Crippen LogP contribution >= 0.6 is 11.8 Å². The first-order valence-corrected chi connectivity index (χ1v) is 6.42. The molecule has 1 aromatic rings. The van der Waals surface area contributed by atoms with Crippen molar-refractivity contribution in [3.8, 4) is 0 Å². The molecule has 2 rings (SSSR count). The Labute approximate surface area is 98.6 Å². The number of nitro benzene ring substituents is 1. The van der Waals surface area contributed by atoms with Gasteiger partial charge in [-0.15, -0.1) is 0 Å². The highest BCUT2D eigenvalue weighted by atomic mass is 32.2. The fourth-order valence-corrected chi connectivity index (χ4v) is 3.00. The van der Waals surface area contributed by atoms with Crippen molar-refractivity contribution in [2.24, 2.45) is 0 Å². The van der Waals surface area contributed by atoms with Gasteiger partial charge in [0.1, 0.15) is 5.69 Å². The molecule has 1 saturated heterocycles. The number of hydrogen-bond donors (Lipinski definition) is 1. The van der Waals surface area contributed by atoms with E-state index >= 15 is 0 Å². The molecule has 0 bridgehead atoms. The van der Waals surface area contributed by atoms with E-state index in [0.29, 0.717) is 11.7 Å². The zero-order chi connectivity index (χ0) is 11.5. The number of para-hydroxylation sites is 1. The first-order valence-electron chi connectivity index (χ1n) is 5.27. The van der Waals surface area contributed by atoms with E-state index in [1.807, 2.05) is 24.8 Å². The molecular weight excluding hydrogens is 224 g/mol. The standard InChI is InChI=1S/C11H14N2O2S/c1-8-3-2-4-10(13(14)15)11(8)12-9-5-6-16-7-9/h2-4,9,12H,5-7H2,1H3. The molecule has 1 atom stereocenters. The number of aryl methyl sites for hydroxylation is 1. The third kappa shape index (κ3) is 2.29. The molecule has 1 heterocycles. The van der Waals surface area contributed by atoms with Gasteiger partial charge in [-0.25, -0.2) is 0 Å². The molecule has 86 valence electrons. The highest BCUT2D eigenvalue weighted by molar-refractivity contribution is 7.99. The van der Waals surface area contributed by atoms with Crippen molar-refractivity contribution in [2.45, 2.75) is 19.4 Å². The molecule has 1 fully saturated rings. The average molecular weight is 238 g/mol. The Morgan fingerprint density at radius 2 is 2.38 bits per heavy atom. The Hall–Kier alpha value is -1.23. The van der Waals surface area contributed by atoms with Crippen LogP contribution in [0.4, 0.5) is 11.4 Å². The van der Waals surface area contributed by atoms with E-state index in [2.05, 4.69) is 5.32 Å².